The summed E-state index contributed by atoms with van der Waals surface area (Å²) in [4.78, 5) is 19.0. The van der Waals surface area contributed by atoms with Crippen molar-refractivity contribution in [3.8, 4) is 0 Å². The van der Waals surface area contributed by atoms with Gasteiger partial charge in [-0.3, -0.25) is 9.20 Å². The fourth-order valence-corrected chi connectivity index (χ4v) is 3.16. The standard InChI is InChI=1S/C16H18N6O2/c1-10-7-13(11(2)24-10)16(23)19-12-3-5-21(8-12)14-15-20-18-9-22(15)6-4-17-14/h4,6-7,9,12H,3,5,8H2,1-2H3,(H,19,23)/t12-/m0/s1. The number of aryl methyl sites for hydroxylation is 2. The zero-order valence-corrected chi connectivity index (χ0v) is 13.6. The van der Waals surface area contributed by atoms with Crippen molar-refractivity contribution in [2.75, 3.05) is 18.0 Å². The Morgan fingerprint density at radius 1 is 1.42 bits per heavy atom. The molecule has 24 heavy (non-hydrogen) atoms. The predicted octanol–water partition coefficient (Wildman–Crippen LogP) is 1.34. The van der Waals surface area contributed by atoms with Gasteiger partial charge in [0.1, 0.15) is 17.8 Å². The number of carbonyl (C=O) groups excluding carboxylic acids is 1. The first-order valence-electron chi connectivity index (χ1n) is 7.89. The Labute approximate surface area is 138 Å². The molecule has 8 nitrogen and oxygen atoms in total. The van der Waals surface area contributed by atoms with Crippen molar-refractivity contribution < 1.29 is 9.21 Å². The van der Waals surface area contributed by atoms with Crippen LogP contribution in [0.2, 0.25) is 0 Å². The molecule has 1 amide bonds. The van der Waals surface area contributed by atoms with Crippen LogP contribution >= 0.6 is 0 Å². The van der Waals surface area contributed by atoms with Crippen LogP contribution in [0.4, 0.5) is 5.82 Å². The summed E-state index contributed by atoms with van der Waals surface area (Å²) in [6.45, 7) is 5.15. The SMILES string of the molecule is Cc1cc(C(=O)N[C@H]2CCN(c3nccn4cnnc34)C2)c(C)o1. The first-order valence-corrected chi connectivity index (χ1v) is 7.89. The highest BCUT2D eigenvalue weighted by Crippen LogP contribution is 2.22. The number of anilines is 1. The number of amides is 1. The largest absolute Gasteiger partial charge is 0.466 e. The lowest BCUT2D eigenvalue weighted by molar-refractivity contribution is 0.0939. The van der Waals surface area contributed by atoms with E-state index >= 15 is 0 Å². The highest BCUT2D eigenvalue weighted by molar-refractivity contribution is 5.95. The van der Waals surface area contributed by atoms with Crippen molar-refractivity contribution in [3.63, 3.8) is 0 Å². The molecule has 3 aromatic rings. The quantitative estimate of drug-likeness (QED) is 0.781. The average Bonchev–Trinajstić information content (AvgIpc) is 3.26. The summed E-state index contributed by atoms with van der Waals surface area (Å²) >= 11 is 0. The van der Waals surface area contributed by atoms with Crippen LogP contribution in [0.25, 0.3) is 5.65 Å². The van der Waals surface area contributed by atoms with E-state index in [0.717, 1.165) is 30.2 Å². The van der Waals surface area contributed by atoms with Crippen LogP contribution in [0.5, 0.6) is 0 Å². The van der Waals surface area contributed by atoms with Crippen LogP contribution < -0.4 is 10.2 Å². The molecule has 4 rings (SSSR count). The third-order valence-electron chi connectivity index (χ3n) is 4.31. The van der Waals surface area contributed by atoms with E-state index in [1.807, 2.05) is 17.5 Å². The number of furan rings is 1. The smallest absolute Gasteiger partial charge is 0.255 e. The number of carbonyl (C=O) groups is 1. The Morgan fingerprint density at radius 3 is 3.08 bits per heavy atom. The highest BCUT2D eigenvalue weighted by Gasteiger charge is 2.27. The number of aromatic nitrogens is 4. The first kappa shape index (κ1) is 14.7. The van der Waals surface area contributed by atoms with Crippen LogP contribution in [0.15, 0.2) is 29.2 Å². The van der Waals surface area contributed by atoms with E-state index in [1.54, 1.807) is 25.5 Å². The maximum atomic E-state index is 12.4. The lowest BCUT2D eigenvalue weighted by atomic mass is 10.2. The molecule has 1 aliphatic rings. The Kier molecular flexibility index (Phi) is 3.44. The molecule has 124 valence electrons. The van der Waals surface area contributed by atoms with E-state index in [9.17, 15) is 4.79 Å². The normalized spacial score (nSPS) is 17.6. The van der Waals surface area contributed by atoms with E-state index in [2.05, 4.69) is 25.4 Å². The van der Waals surface area contributed by atoms with Crippen molar-refractivity contribution in [2.24, 2.45) is 0 Å². The molecule has 4 heterocycles. The number of rotatable bonds is 3. The van der Waals surface area contributed by atoms with Gasteiger partial charge in [-0.15, -0.1) is 10.2 Å². The van der Waals surface area contributed by atoms with Gasteiger partial charge in [0.15, 0.2) is 5.82 Å². The lowest BCUT2D eigenvalue weighted by Crippen LogP contribution is -2.37. The number of fused-ring (bicyclic) bond motifs is 1. The summed E-state index contributed by atoms with van der Waals surface area (Å²) in [7, 11) is 0. The van der Waals surface area contributed by atoms with Crippen LogP contribution in [0.1, 0.15) is 28.3 Å². The Hall–Kier alpha value is -2.90. The van der Waals surface area contributed by atoms with Gasteiger partial charge in [0.25, 0.3) is 5.91 Å². The predicted molar refractivity (Wildman–Crippen MR) is 87.0 cm³/mol. The van der Waals surface area contributed by atoms with Crippen LogP contribution in [-0.4, -0.2) is 44.6 Å². The van der Waals surface area contributed by atoms with Gasteiger partial charge in [-0.1, -0.05) is 0 Å². The Morgan fingerprint density at radius 2 is 2.29 bits per heavy atom. The van der Waals surface area contributed by atoms with E-state index < -0.39 is 0 Å². The van der Waals surface area contributed by atoms with Gasteiger partial charge in [-0.25, -0.2) is 4.98 Å². The minimum atomic E-state index is -0.0927. The van der Waals surface area contributed by atoms with Crippen molar-refractivity contribution in [3.05, 3.63) is 41.9 Å². The number of nitrogens with zero attached hydrogens (tertiary/aromatic N) is 5. The first-order chi connectivity index (χ1) is 11.6. The number of hydrogen-bond acceptors (Lipinski definition) is 6. The maximum Gasteiger partial charge on any atom is 0.255 e. The average molecular weight is 326 g/mol. The highest BCUT2D eigenvalue weighted by atomic mass is 16.3. The van der Waals surface area contributed by atoms with Crippen molar-refractivity contribution in [2.45, 2.75) is 26.3 Å². The van der Waals surface area contributed by atoms with Crippen molar-refractivity contribution in [1.29, 1.82) is 0 Å². The molecule has 0 saturated carbocycles. The summed E-state index contributed by atoms with van der Waals surface area (Å²) in [6, 6.07) is 1.84. The molecule has 0 spiro atoms. The fourth-order valence-electron chi connectivity index (χ4n) is 3.16. The second-order valence-electron chi connectivity index (χ2n) is 6.04. The third-order valence-corrected chi connectivity index (χ3v) is 4.31. The van der Waals surface area contributed by atoms with Crippen molar-refractivity contribution >= 4 is 17.4 Å². The molecule has 3 aromatic heterocycles. The topological polar surface area (TPSA) is 88.6 Å². The zero-order valence-electron chi connectivity index (χ0n) is 13.6. The molecule has 0 aliphatic carbocycles. The van der Waals surface area contributed by atoms with Gasteiger partial charge < -0.3 is 14.6 Å². The van der Waals surface area contributed by atoms with Gasteiger partial charge in [-0.2, -0.15) is 0 Å². The second-order valence-corrected chi connectivity index (χ2v) is 6.04. The van der Waals surface area contributed by atoms with Crippen molar-refractivity contribution in [1.82, 2.24) is 24.9 Å². The van der Waals surface area contributed by atoms with Gasteiger partial charge in [0.05, 0.1) is 5.56 Å². The van der Waals surface area contributed by atoms with E-state index in [1.165, 1.54) is 0 Å². The second kappa shape index (κ2) is 5.63. The third kappa shape index (κ3) is 2.49. The molecule has 1 saturated heterocycles. The summed E-state index contributed by atoms with van der Waals surface area (Å²) in [6.07, 6.45) is 6.06. The minimum Gasteiger partial charge on any atom is -0.466 e. The molecule has 1 fully saturated rings. The van der Waals surface area contributed by atoms with Gasteiger partial charge in [0, 0.05) is 31.5 Å². The summed E-state index contributed by atoms with van der Waals surface area (Å²) < 4.78 is 7.27. The van der Waals surface area contributed by atoms with Crippen LogP contribution in [0, 0.1) is 13.8 Å². The summed E-state index contributed by atoms with van der Waals surface area (Å²) in [5.41, 5.74) is 1.33. The van der Waals surface area contributed by atoms with Crippen LogP contribution in [-0.2, 0) is 0 Å². The molecule has 0 aromatic carbocycles. The summed E-state index contributed by atoms with van der Waals surface area (Å²) in [5.74, 6) is 2.09. The molecular weight excluding hydrogens is 308 g/mol. The molecule has 0 radical (unpaired) electrons. The molecule has 8 heteroatoms. The van der Waals surface area contributed by atoms with E-state index in [0.29, 0.717) is 17.9 Å². The lowest BCUT2D eigenvalue weighted by Gasteiger charge is -2.18. The molecule has 0 bridgehead atoms. The van der Waals surface area contributed by atoms with E-state index in [-0.39, 0.29) is 11.9 Å². The van der Waals surface area contributed by atoms with Gasteiger partial charge in [-0.05, 0) is 26.3 Å². The summed E-state index contributed by atoms with van der Waals surface area (Å²) in [5, 5.41) is 11.1. The molecular formula is C16H18N6O2. The molecule has 1 aliphatic heterocycles. The van der Waals surface area contributed by atoms with E-state index in [4.69, 9.17) is 4.42 Å². The minimum absolute atomic E-state index is 0.0667. The monoisotopic (exact) mass is 326 g/mol. The maximum absolute atomic E-state index is 12.4. The zero-order chi connectivity index (χ0) is 16.7. The Bertz CT molecular complexity index is 899. The molecule has 1 atom stereocenters. The Balaban J connectivity index is 1.48. The number of nitrogens with one attached hydrogen (secondary N) is 1. The van der Waals surface area contributed by atoms with Gasteiger partial charge in [0.2, 0.25) is 5.65 Å². The fraction of sp³-hybridized carbons (Fsp3) is 0.375. The van der Waals surface area contributed by atoms with Crippen LogP contribution in [0.3, 0.4) is 0 Å². The molecule has 0 unspecified atom stereocenters. The molecule has 1 N–H and O–H groups in total. The number of hydrogen-bond donors (Lipinski definition) is 1. The van der Waals surface area contributed by atoms with Gasteiger partial charge >= 0.3 is 0 Å².